The molecule has 0 spiro atoms. The highest BCUT2D eigenvalue weighted by molar-refractivity contribution is 6.32. The predicted molar refractivity (Wildman–Crippen MR) is 117 cm³/mol. The van der Waals surface area contributed by atoms with Crippen LogP contribution in [0.4, 0.5) is 4.79 Å². The van der Waals surface area contributed by atoms with Crippen LogP contribution in [-0.4, -0.2) is 48.6 Å². The van der Waals surface area contributed by atoms with Crippen molar-refractivity contribution < 1.29 is 14.3 Å². The first-order chi connectivity index (χ1) is 14.5. The van der Waals surface area contributed by atoms with Gasteiger partial charge in [0.1, 0.15) is 17.9 Å². The van der Waals surface area contributed by atoms with E-state index in [1.165, 1.54) is 4.90 Å². The molecule has 1 N–H and O–H groups in total. The molecule has 1 atom stereocenters. The predicted octanol–water partition coefficient (Wildman–Crippen LogP) is 4.25. The standard InChI is InChI=1S/C23H28ClN3O3/c1-3-4-14-23(18-10-6-5-7-11-18)21(28)27(22(29)25-23)17-26(2)15-16-30-20-13-9-8-12-19(20)24/h5-13H,3-4,14-17H2,1-2H3,(H,25,29). The number of ether oxygens (including phenoxy) is 1. The van der Waals surface area contributed by atoms with Gasteiger partial charge < -0.3 is 10.1 Å². The number of hydrogen-bond donors (Lipinski definition) is 1. The molecular formula is C23H28ClN3O3. The Bertz CT molecular complexity index is 877. The number of nitrogens with zero attached hydrogens (tertiary/aromatic N) is 2. The summed E-state index contributed by atoms with van der Waals surface area (Å²) in [5.41, 5.74) is -0.174. The van der Waals surface area contributed by atoms with Crippen molar-refractivity contribution in [2.24, 2.45) is 0 Å². The lowest BCUT2D eigenvalue weighted by atomic mass is 9.85. The van der Waals surface area contributed by atoms with Gasteiger partial charge in [0.05, 0.1) is 11.7 Å². The molecule has 3 amide bonds. The molecule has 2 aromatic carbocycles. The number of carbonyl (C=O) groups is 2. The van der Waals surface area contributed by atoms with Gasteiger partial charge >= 0.3 is 6.03 Å². The number of carbonyl (C=O) groups excluding carboxylic acids is 2. The summed E-state index contributed by atoms with van der Waals surface area (Å²) in [6.45, 7) is 3.20. The molecule has 1 saturated heterocycles. The Kier molecular flexibility index (Phi) is 7.34. The maximum absolute atomic E-state index is 13.4. The quantitative estimate of drug-likeness (QED) is 0.573. The summed E-state index contributed by atoms with van der Waals surface area (Å²) in [5, 5.41) is 3.53. The first-order valence-electron chi connectivity index (χ1n) is 10.2. The number of hydrogen-bond acceptors (Lipinski definition) is 4. The van der Waals surface area contributed by atoms with Crippen molar-refractivity contribution in [3.05, 3.63) is 65.2 Å². The van der Waals surface area contributed by atoms with E-state index in [4.69, 9.17) is 16.3 Å². The Morgan fingerprint density at radius 3 is 2.50 bits per heavy atom. The molecule has 1 fully saturated rings. The number of nitrogens with one attached hydrogen (secondary N) is 1. The second-order valence-electron chi connectivity index (χ2n) is 7.54. The van der Waals surface area contributed by atoms with Gasteiger partial charge in [-0.15, -0.1) is 0 Å². The molecule has 0 bridgehead atoms. The Labute approximate surface area is 182 Å². The van der Waals surface area contributed by atoms with Gasteiger partial charge in [-0.05, 0) is 31.2 Å². The highest BCUT2D eigenvalue weighted by Crippen LogP contribution is 2.34. The summed E-state index contributed by atoms with van der Waals surface area (Å²) in [4.78, 5) is 29.3. The number of rotatable bonds is 10. The van der Waals surface area contributed by atoms with Crippen LogP contribution in [-0.2, 0) is 10.3 Å². The van der Waals surface area contributed by atoms with Crippen LogP contribution < -0.4 is 10.1 Å². The highest BCUT2D eigenvalue weighted by atomic mass is 35.5. The lowest BCUT2D eigenvalue weighted by Crippen LogP contribution is -2.45. The normalized spacial score (nSPS) is 18.7. The van der Waals surface area contributed by atoms with Gasteiger partial charge in [0, 0.05) is 6.54 Å². The van der Waals surface area contributed by atoms with Gasteiger partial charge in [-0.3, -0.25) is 9.69 Å². The molecule has 1 unspecified atom stereocenters. The minimum absolute atomic E-state index is 0.192. The van der Waals surface area contributed by atoms with E-state index in [2.05, 4.69) is 12.2 Å². The molecular weight excluding hydrogens is 402 g/mol. The van der Waals surface area contributed by atoms with Crippen molar-refractivity contribution in [3.8, 4) is 5.75 Å². The Morgan fingerprint density at radius 2 is 1.80 bits per heavy atom. The lowest BCUT2D eigenvalue weighted by Gasteiger charge is -2.28. The van der Waals surface area contributed by atoms with E-state index in [-0.39, 0.29) is 18.6 Å². The molecule has 7 heteroatoms. The number of unbranched alkanes of at least 4 members (excludes halogenated alkanes) is 1. The maximum atomic E-state index is 13.4. The van der Waals surface area contributed by atoms with Gasteiger partial charge in [-0.25, -0.2) is 9.69 Å². The third kappa shape index (κ3) is 4.77. The van der Waals surface area contributed by atoms with Crippen LogP contribution in [0.1, 0.15) is 31.7 Å². The van der Waals surface area contributed by atoms with Crippen molar-refractivity contribution in [1.82, 2.24) is 15.1 Å². The first-order valence-corrected chi connectivity index (χ1v) is 10.6. The highest BCUT2D eigenvalue weighted by Gasteiger charge is 2.51. The molecule has 1 aliphatic heterocycles. The number of urea groups is 1. The summed E-state index contributed by atoms with van der Waals surface area (Å²) in [6, 6.07) is 16.4. The largest absolute Gasteiger partial charge is 0.491 e. The fourth-order valence-corrected chi connectivity index (χ4v) is 3.80. The summed E-state index contributed by atoms with van der Waals surface area (Å²) < 4.78 is 5.71. The minimum Gasteiger partial charge on any atom is -0.491 e. The number of imide groups is 1. The van der Waals surface area contributed by atoms with Crippen molar-refractivity contribution in [1.29, 1.82) is 0 Å². The van der Waals surface area contributed by atoms with E-state index in [1.54, 1.807) is 6.07 Å². The fraction of sp³-hybridized carbons (Fsp3) is 0.391. The van der Waals surface area contributed by atoms with Gasteiger partial charge in [0.15, 0.2) is 0 Å². The Morgan fingerprint density at radius 1 is 1.10 bits per heavy atom. The van der Waals surface area contributed by atoms with E-state index < -0.39 is 5.54 Å². The zero-order valence-corrected chi connectivity index (χ0v) is 18.2. The zero-order valence-electron chi connectivity index (χ0n) is 17.4. The average Bonchev–Trinajstić information content (AvgIpc) is 2.99. The molecule has 0 aliphatic carbocycles. The number of halogens is 1. The molecule has 1 heterocycles. The van der Waals surface area contributed by atoms with Crippen molar-refractivity contribution in [3.63, 3.8) is 0 Å². The van der Waals surface area contributed by atoms with Crippen molar-refractivity contribution in [2.75, 3.05) is 26.9 Å². The molecule has 2 aromatic rings. The monoisotopic (exact) mass is 429 g/mol. The second-order valence-corrected chi connectivity index (χ2v) is 7.95. The topological polar surface area (TPSA) is 61.9 Å². The summed E-state index contributed by atoms with van der Waals surface area (Å²) in [6.07, 6.45) is 2.36. The van der Waals surface area contributed by atoms with Crippen LogP contribution in [0.25, 0.3) is 0 Å². The minimum atomic E-state index is -0.997. The smallest absolute Gasteiger partial charge is 0.326 e. The van der Waals surface area contributed by atoms with E-state index in [0.717, 1.165) is 18.4 Å². The number of amides is 3. The van der Waals surface area contributed by atoms with Crippen molar-refractivity contribution >= 4 is 23.5 Å². The van der Waals surface area contributed by atoms with Gasteiger partial charge in [-0.2, -0.15) is 0 Å². The van der Waals surface area contributed by atoms with Crippen LogP contribution in [0, 0.1) is 0 Å². The van der Waals surface area contributed by atoms with Gasteiger partial charge in [-0.1, -0.05) is 73.8 Å². The van der Waals surface area contributed by atoms with Crippen LogP contribution in [0.2, 0.25) is 5.02 Å². The van der Waals surface area contributed by atoms with Gasteiger partial charge in [0.25, 0.3) is 5.91 Å². The number of likely N-dealkylation sites (N-methyl/N-ethyl adjacent to an activating group) is 1. The Balaban J connectivity index is 1.65. The van der Waals surface area contributed by atoms with E-state index in [0.29, 0.717) is 30.3 Å². The number of benzene rings is 2. The van der Waals surface area contributed by atoms with Crippen LogP contribution in [0.15, 0.2) is 54.6 Å². The van der Waals surface area contributed by atoms with Crippen LogP contribution in [0.3, 0.4) is 0 Å². The molecule has 6 nitrogen and oxygen atoms in total. The first kappa shape index (κ1) is 22.1. The van der Waals surface area contributed by atoms with Crippen LogP contribution >= 0.6 is 11.6 Å². The lowest BCUT2D eigenvalue weighted by molar-refractivity contribution is -0.133. The van der Waals surface area contributed by atoms with Gasteiger partial charge in [0.2, 0.25) is 0 Å². The van der Waals surface area contributed by atoms with E-state index in [9.17, 15) is 9.59 Å². The SMILES string of the molecule is CCCCC1(c2ccccc2)NC(=O)N(CN(C)CCOc2ccccc2Cl)C1=O. The maximum Gasteiger partial charge on any atom is 0.326 e. The molecule has 0 aromatic heterocycles. The third-order valence-electron chi connectivity index (χ3n) is 5.30. The third-order valence-corrected chi connectivity index (χ3v) is 5.61. The van der Waals surface area contributed by atoms with E-state index in [1.807, 2.05) is 60.5 Å². The molecule has 3 rings (SSSR count). The summed E-state index contributed by atoms with van der Waals surface area (Å²) in [5.74, 6) is 0.413. The molecule has 1 aliphatic rings. The average molecular weight is 430 g/mol. The molecule has 0 saturated carbocycles. The zero-order chi connectivity index (χ0) is 21.6. The molecule has 30 heavy (non-hydrogen) atoms. The summed E-state index contributed by atoms with van der Waals surface area (Å²) in [7, 11) is 1.85. The molecule has 0 radical (unpaired) electrons. The van der Waals surface area contributed by atoms with Crippen molar-refractivity contribution in [2.45, 2.75) is 31.7 Å². The van der Waals surface area contributed by atoms with Crippen LogP contribution in [0.5, 0.6) is 5.75 Å². The Hall–Kier alpha value is -2.57. The molecule has 160 valence electrons. The summed E-state index contributed by atoms with van der Waals surface area (Å²) >= 11 is 6.10. The van der Waals surface area contributed by atoms with E-state index >= 15 is 0 Å². The second kappa shape index (κ2) is 9.96. The number of para-hydroxylation sites is 1. The fourth-order valence-electron chi connectivity index (χ4n) is 3.61.